The van der Waals surface area contributed by atoms with Gasteiger partial charge in [0.2, 0.25) is 0 Å². The van der Waals surface area contributed by atoms with Crippen molar-refractivity contribution in [3.8, 4) is 11.1 Å². The van der Waals surface area contributed by atoms with Crippen LogP contribution in [0.4, 0.5) is 0 Å². The normalized spacial score (nSPS) is 12.3. The van der Waals surface area contributed by atoms with Crippen LogP contribution in [0, 0.1) is 0 Å². The van der Waals surface area contributed by atoms with Crippen molar-refractivity contribution < 1.29 is 4.21 Å². The van der Waals surface area contributed by atoms with Crippen LogP contribution in [0.15, 0.2) is 33.9 Å². The third-order valence-corrected chi connectivity index (χ3v) is 4.17. The minimum Gasteiger partial charge on any atom is -0.297 e. The van der Waals surface area contributed by atoms with Gasteiger partial charge in [-0.3, -0.25) is 18.6 Å². The molecular weight excluding hydrogens is 335 g/mol. The lowest BCUT2D eigenvalue weighted by atomic mass is 10.1. The van der Waals surface area contributed by atoms with Gasteiger partial charge in [-0.2, -0.15) is 0 Å². The van der Waals surface area contributed by atoms with E-state index in [1.807, 2.05) is 0 Å². The Balaban J connectivity index is 2.59. The Kier molecular flexibility index (Phi) is 5.03. The number of aromatic nitrogens is 2. The Morgan fingerprint density at radius 2 is 1.81 bits per heavy atom. The third-order valence-electron chi connectivity index (χ3n) is 2.88. The maximum atomic E-state index is 12.4. The molecule has 0 aliphatic carbocycles. The van der Waals surface area contributed by atoms with Gasteiger partial charge in [-0.15, -0.1) is 0 Å². The second kappa shape index (κ2) is 6.60. The van der Waals surface area contributed by atoms with Crippen molar-refractivity contribution in [2.75, 3.05) is 12.0 Å². The molecule has 0 saturated heterocycles. The molecule has 1 heterocycles. The molecule has 112 valence electrons. The van der Waals surface area contributed by atoms with Gasteiger partial charge >= 0.3 is 5.69 Å². The van der Waals surface area contributed by atoms with E-state index in [0.717, 1.165) is 4.57 Å². The van der Waals surface area contributed by atoms with Crippen LogP contribution < -0.4 is 11.2 Å². The lowest BCUT2D eigenvalue weighted by molar-refractivity contribution is 0.656. The van der Waals surface area contributed by atoms with Crippen molar-refractivity contribution in [2.45, 2.75) is 6.54 Å². The zero-order valence-electron chi connectivity index (χ0n) is 11.1. The Morgan fingerprint density at radius 3 is 2.38 bits per heavy atom. The van der Waals surface area contributed by atoms with Crippen LogP contribution in [0.5, 0.6) is 0 Å². The topological polar surface area (TPSA) is 71.9 Å². The summed E-state index contributed by atoms with van der Waals surface area (Å²) < 4.78 is 12.1. The summed E-state index contributed by atoms with van der Waals surface area (Å²) in [5, 5.41) is 0.502. The zero-order valence-corrected chi connectivity index (χ0v) is 13.4. The number of aromatic amines is 1. The SMILES string of the molecule is CS(=O)CCn1c(=O)[nH]c(Cl)c(-c2ccc(Cl)cc2)c1=O. The highest BCUT2D eigenvalue weighted by Crippen LogP contribution is 2.23. The second-order valence-corrected chi connectivity index (χ2v) is 6.73. The number of nitrogens with one attached hydrogen (secondary N) is 1. The average molecular weight is 347 g/mol. The fraction of sp³-hybridized carbons (Fsp3) is 0.231. The van der Waals surface area contributed by atoms with E-state index in [2.05, 4.69) is 4.98 Å². The molecule has 0 radical (unpaired) electrons. The van der Waals surface area contributed by atoms with Gasteiger partial charge in [0.15, 0.2) is 0 Å². The quantitative estimate of drug-likeness (QED) is 0.859. The van der Waals surface area contributed by atoms with Gasteiger partial charge in [-0.05, 0) is 17.7 Å². The first-order valence-corrected chi connectivity index (χ1v) is 8.47. The zero-order chi connectivity index (χ0) is 15.6. The first-order chi connectivity index (χ1) is 9.90. The average Bonchev–Trinajstić information content (AvgIpc) is 2.40. The van der Waals surface area contributed by atoms with Crippen LogP contribution in [0.3, 0.4) is 0 Å². The number of benzene rings is 1. The number of hydrogen-bond acceptors (Lipinski definition) is 3. The van der Waals surface area contributed by atoms with Gasteiger partial charge in [-0.1, -0.05) is 35.3 Å². The van der Waals surface area contributed by atoms with E-state index < -0.39 is 22.0 Å². The van der Waals surface area contributed by atoms with Crippen molar-refractivity contribution in [1.29, 1.82) is 0 Å². The summed E-state index contributed by atoms with van der Waals surface area (Å²) in [7, 11) is -1.11. The van der Waals surface area contributed by atoms with Crippen LogP contribution in [0.1, 0.15) is 0 Å². The van der Waals surface area contributed by atoms with Gasteiger partial charge < -0.3 is 0 Å². The highest BCUT2D eigenvalue weighted by molar-refractivity contribution is 7.84. The third kappa shape index (κ3) is 3.64. The molecule has 0 spiro atoms. The molecule has 1 atom stereocenters. The van der Waals surface area contributed by atoms with Gasteiger partial charge in [0, 0.05) is 34.4 Å². The van der Waals surface area contributed by atoms with Crippen molar-refractivity contribution >= 4 is 34.0 Å². The Morgan fingerprint density at radius 1 is 1.19 bits per heavy atom. The second-order valence-electron chi connectivity index (χ2n) is 4.36. The summed E-state index contributed by atoms with van der Waals surface area (Å²) in [5.41, 5.74) is -0.392. The lowest BCUT2D eigenvalue weighted by Gasteiger charge is -2.08. The van der Waals surface area contributed by atoms with Gasteiger partial charge in [0.1, 0.15) is 5.15 Å². The van der Waals surface area contributed by atoms with E-state index in [4.69, 9.17) is 23.2 Å². The first kappa shape index (κ1) is 16.0. The Bertz CT molecular complexity index is 797. The van der Waals surface area contributed by atoms with E-state index in [9.17, 15) is 13.8 Å². The summed E-state index contributed by atoms with van der Waals surface area (Å²) in [5.74, 6) is 0.213. The number of hydrogen-bond donors (Lipinski definition) is 1. The molecule has 1 aromatic heterocycles. The molecule has 1 aromatic carbocycles. The Labute approximate surface area is 133 Å². The molecule has 5 nitrogen and oxygen atoms in total. The van der Waals surface area contributed by atoms with Gasteiger partial charge in [0.05, 0.1) is 5.56 Å². The predicted molar refractivity (Wildman–Crippen MR) is 85.7 cm³/mol. The van der Waals surface area contributed by atoms with E-state index in [-0.39, 0.29) is 23.0 Å². The van der Waals surface area contributed by atoms with Crippen molar-refractivity contribution in [3.63, 3.8) is 0 Å². The highest BCUT2D eigenvalue weighted by atomic mass is 35.5. The van der Waals surface area contributed by atoms with Crippen molar-refractivity contribution in [1.82, 2.24) is 9.55 Å². The monoisotopic (exact) mass is 346 g/mol. The van der Waals surface area contributed by atoms with Crippen molar-refractivity contribution in [2.24, 2.45) is 0 Å². The summed E-state index contributed by atoms with van der Waals surface area (Å²) in [6, 6.07) is 6.55. The Hall–Kier alpha value is -1.37. The largest absolute Gasteiger partial charge is 0.329 e. The number of H-pyrrole nitrogens is 1. The molecule has 0 amide bonds. The molecular formula is C13H12Cl2N2O3S. The fourth-order valence-corrected chi connectivity index (χ4v) is 2.67. The summed E-state index contributed by atoms with van der Waals surface area (Å²) in [6.45, 7) is 0.0645. The van der Waals surface area contributed by atoms with Crippen molar-refractivity contribution in [3.05, 3.63) is 55.3 Å². The molecule has 1 N–H and O–H groups in total. The van der Waals surface area contributed by atoms with Crippen LogP contribution in [0.2, 0.25) is 10.2 Å². The van der Waals surface area contributed by atoms with E-state index in [1.165, 1.54) is 6.26 Å². The van der Waals surface area contributed by atoms with Gasteiger partial charge in [0.25, 0.3) is 5.56 Å². The number of rotatable bonds is 4. The minimum absolute atomic E-state index is 0.0267. The molecule has 2 rings (SSSR count). The smallest absolute Gasteiger partial charge is 0.297 e. The highest BCUT2D eigenvalue weighted by Gasteiger charge is 2.14. The molecule has 21 heavy (non-hydrogen) atoms. The van der Waals surface area contributed by atoms with E-state index in [1.54, 1.807) is 24.3 Å². The number of halogens is 2. The molecule has 1 unspecified atom stereocenters. The van der Waals surface area contributed by atoms with Crippen LogP contribution in [0.25, 0.3) is 11.1 Å². The summed E-state index contributed by atoms with van der Waals surface area (Å²) in [4.78, 5) is 26.7. The summed E-state index contributed by atoms with van der Waals surface area (Å²) >= 11 is 11.8. The molecule has 0 aliphatic heterocycles. The minimum atomic E-state index is -1.11. The van der Waals surface area contributed by atoms with E-state index >= 15 is 0 Å². The fourth-order valence-electron chi connectivity index (χ4n) is 1.83. The number of nitrogens with zero attached hydrogens (tertiary/aromatic N) is 1. The van der Waals surface area contributed by atoms with Crippen LogP contribution >= 0.6 is 23.2 Å². The van der Waals surface area contributed by atoms with E-state index in [0.29, 0.717) is 10.6 Å². The molecule has 2 aromatic rings. The van der Waals surface area contributed by atoms with Gasteiger partial charge in [-0.25, -0.2) is 4.79 Å². The maximum Gasteiger partial charge on any atom is 0.329 e. The molecule has 8 heteroatoms. The predicted octanol–water partition coefficient (Wildman–Crippen LogP) is 1.89. The molecule has 0 aliphatic rings. The van der Waals surface area contributed by atoms with Crippen LogP contribution in [-0.2, 0) is 17.3 Å². The summed E-state index contributed by atoms with van der Waals surface area (Å²) in [6.07, 6.45) is 1.51. The molecule has 0 bridgehead atoms. The van der Waals surface area contributed by atoms with Crippen LogP contribution in [-0.4, -0.2) is 25.8 Å². The lowest BCUT2D eigenvalue weighted by Crippen LogP contribution is -2.37. The standard InChI is InChI=1S/C13H12Cl2N2O3S/c1-21(20)7-6-17-12(18)10(11(15)16-13(17)19)8-2-4-9(14)5-3-8/h2-5H,6-7H2,1H3,(H,16,19). The molecule has 0 fully saturated rings. The maximum absolute atomic E-state index is 12.4. The molecule has 0 saturated carbocycles. The first-order valence-electron chi connectivity index (χ1n) is 5.98.